The first-order chi connectivity index (χ1) is 10.9. The topological polar surface area (TPSA) is 8.17 Å². The molecule has 3 aromatic heterocycles. The summed E-state index contributed by atoms with van der Waals surface area (Å²) in [5.74, 6) is 0. The maximum Gasteiger partial charge on any atom is 0.396 e. The molecule has 0 spiro atoms. The standard InChI is InChI=1S/C17H12BN2S2/c1-4-13-16(15-6-3-11-22-15)17-12(14-5-2-10-21-14)7-9-20(17)18-19(13)8-1/h1-8,10-11H,9H2. The third-order valence-corrected chi connectivity index (χ3v) is 5.91. The summed E-state index contributed by atoms with van der Waals surface area (Å²) < 4.78 is 2.23. The first-order valence-electron chi connectivity index (χ1n) is 7.23. The Morgan fingerprint density at radius 2 is 1.77 bits per heavy atom. The highest BCUT2D eigenvalue weighted by molar-refractivity contribution is 7.11. The Morgan fingerprint density at radius 3 is 2.55 bits per heavy atom. The molecule has 5 heterocycles. The predicted octanol–water partition coefficient (Wildman–Crippen LogP) is 4.17. The maximum absolute atomic E-state index is 2.36. The number of hydrogen-bond acceptors (Lipinski definition) is 3. The molecule has 5 rings (SSSR count). The molecule has 2 aliphatic heterocycles. The van der Waals surface area contributed by atoms with E-state index >= 15 is 0 Å². The van der Waals surface area contributed by atoms with Crippen molar-refractivity contribution < 1.29 is 0 Å². The fourth-order valence-electron chi connectivity index (χ4n) is 3.21. The number of rotatable bonds is 2. The van der Waals surface area contributed by atoms with Crippen LogP contribution < -0.4 is 0 Å². The van der Waals surface area contributed by atoms with Gasteiger partial charge < -0.3 is 9.29 Å². The third kappa shape index (κ3) is 1.73. The van der Waals surface area contributed by atoms with E-state index in [0.717, 1.165) is 6.54 Å². The van der Waals surface area contributed by atoms with Crippen molar-refractivity contribution in [3.05, 3.63) is 80.6 Å². The normalized spacial score (nSPS) is 16.4. The number of aromatic nitrogens is 1. The van der Waals surface area contributed by atoms with Crippen LogP contribution in [0, 0.1) is 0 Å². The Bertz CT molecular complexity index is 885. The van der Waals surface area contributed by atoms with Crippen LogP contribution in [0.1, 0.15) is 15.4 Å². The summed E-state index contributed by atoms with van der Waals surface area (Å²) in [6, 6.07) is 13.0. The van der Waals surface area contributed by atoms with Gasteiger partial charge >= 0.3 is 7.55 Å². The Hall–Kier alpha value is -1.98. The van der Waals surface area contributed by atoms with E-state index in [9.17, 15) is 0 Å². The summed E-state index contributed by atoms with van der Waals surface area (Å²) in [7, 11) is 2.21. The lowest BCUT2D eigenvalue weighted by Gasteiger charge is -2.30. The minimum atomic E-state index is 0.940. The molecular formula is C17H12BN2S2. The lowest BCUT2D eigenvalue weighted by molar-refractivity contribution is 0.632. The number of hydrogen-bond donors (Lipinski definition) is 0. The molecule has 0 unspecified atom stereocenters. The van der Waals surface area contributed by atoms with E-state index in [2.05, 4.69) is 76.3 Å². The second kappa shape index (κ2) is 4.76. The summed E-state index contributed by atoms with van der Waals surface area (Å²) in [5, 5.41) is 4.31. The highest BCUT2D eigenvalue weighted by atomic mass is 32.1. The Balaban J connectivity index is 1.79. The van der Waals surface area contributed by atoms with Crippen LogP contribution in [0.4, 0.5) is 0 Å². The van der Waals surface area contributed by atoms with Gasteiger partial charge in [-0.1, -0.05) is 18.2 Å². The van der Waals surface area contributed by atoms with E-state index in [1.807, 2.05) is 22.7 Å². The Labute approximate surface area is 137 Å². The summed E-state index contributed by atoms with van der Waals surface area (Å²) >= 11 is 3.62. The molecule has 105 valence electrons. The van der Waals surface area contributed by atoms with Crippen LogP contribution in [-0.2, 0) is 0 Å². The molecule has 0 saturated heterocycles. The summed E-state index contributed by atoms with van der Waals surface area (Å²) in [4.78, 5) is 5.04. The van der Waals surface area contributed by atoms with Crippen molar-refractivity contribution >= 4 is 41.4 Å². The van der Waals surface area contributed by atoms with E-state index < -0.39 is 0 Å². The van der Waals surface area contributed by atoms with Gasteiger partial charge in [0.15, 0.2) is 0 Å². The molecule has 3 aromatic rings. The van der Waals surface area contributed by atoms with E-state index in [-0.39, 0.29) is 0 Å². The van der Waals surface area contributed by atoms with Crippen LogP contribution in [0.25, 0.3) is 11.1 Å². The largest absolute Gasteiger partial charge is 0.396 e. The van der Waals surface area contributed by atoms with Gasteiger partial charge in [-0.05, 0) is 41.2 Å². The Kier molecular flexibility index (Phi) is 2.72. The molecule has 0 aromatic carbocycles. The molecule has 2 nitrogen and oxygen atoms in total. The molecule has 1 radical (unpaired) electrons. The third-order valence-electron chi connectivity index (χ3n) is 4.12. The molecule has 0 saturated carbocycles. The van der Waals surface area contributed by atoms with Crippen LogP contribution >= 0.6 is 22.7 Å². The van der Waals surface area contributed by atoms with Gasteiger partial charge in [0.25, 0.3) is 0 Å². The lowest BCUT2D eigenvalue weighted by atomic mass is 9.93. The number of nitrogens with zero attached hydrogens (tertiary/aromatic N) is 2. The van der Waals surface area contributed by atoms with Gasteiger partial charge in [-0.2, -0.15) is 0 Å². The van der Waals surface area contributed by atoms with Crippen LogP contribution in [0.5, 0.6) is 0 Å². The van der Waals surface area contributed by atoms with Crippen molar-refractivity contribution in [2.24, 2.45) is 0 Å². The van der Waals surface area contributed by atoms with Crippen LogP contribution in [-0.4, -0.2) is 23.4 Å². The molecule has 0 fully saturated rings. The first kappa shape index (κ1) is 12.6. The van der Waals surface area contributed by atoms with Gasteiger partial charge in [0.1, 0.15) is 0 Å². The number of thiophene rings is 2. The smallest absolute Gasteiger partial charge is 0.394 e. The second-order valence-corrected chi connectivity index (χ2v) is 7.26. The molecule has 2 aliphatic rings. The van der Waals surface area contributed by atoms with Crippen molar-refractivity contribution in [3.63, 3.8) is 0 Å². The van der Waals surface area contributed by atoms with Gasteiger partial charge in [-0.15, -0.1) is 22.7 Å². The zero-order valence-electron chi connectivity index (χ0n) is 11.8. The van der Waals surface area contributed by atoms with Crippen molar-refractivity contribution in [1.29, 1.82) is 0 Å². The van der Waals surface area contributed by atoms with E-state index in [1.54, 1.807) is 0 Å². The molecular weight excluding hydrogens is 307 g/mol. The molecule has 0 atom stereocenters. The number of allylic oxidation sites excluding steroid dienone is 1. The lowest BCUT2D eigenvalue weighted by Crippen LogP contribution is -2.34. The molecule has 5 heteroatoms. The zero-order valence-corrected chi connectivity index (χ0v) is 13.4. The van der Waals surface area contributed by atoms with Crippen molar-refractivity contribution in [1.82, 2.24) is 9.29 Å². The van der Waals surface area contributed by atoms with Gasteiger partial charge in [0.05, 0.1) is 0 Å². The summed E-state index contributed by atoms with van der Waals surface area (Å²) in [6.07, 6.45) is 4.47. The molecule has 0 N–H and O–H groups in total. The fraction of sp³-hybridized carbons (Fsp3) is 0.0588. The molecule has 0 amide bonds. The zero-order chi connectivity index (χ0) is 14.5. The average Bonchev–Trinajstić information content (AvgIpc) is 3.28. The van der Waals surface area contributed by atoms with Crippen LogP contribution in [0.2, 0.25) is 0 Å². The maximum atomic E-state index is 2.36. The van der Waals surface area contributed by atoms with Crippen LogP contribution in [0.15, 0.2) is 65.1 Å². The van der Waals surface area contributed by atoms with Crippen molar-refractivity contribution in [3.8, 4) is 0 Å². The van der Waals surface area contributed by atoms with Gasteiger partial charge in [-0.25, -0.2) is 0 Å². The van der Waals surface area contributed by atoms with Gasteiger partial charge in [0, 0.05) is 38.8 Å². The van der Waals surface area contributed by atoms with Crippen molar-refractivity contribution in [2.75, 3.05) is 6.54 Å². The highest BCUT2D eigenvalue weighted by Crippen LogP contribution is 2.43. The van der Waals surface area contributed by atoms with E-state index in [4.69, 9.17) is 0 Å². The Morgan fingerprint density at radius 1 is 0.955 bits per heavy atom. The van der Waals surface area contributed by atoms with E-state index in [0.29, 0.717) is 0 Å². The molecule has 22 heavy (non-hydrogen) atoms. The van der Waals surface area contributed by atoms with E-state index in [1.165, 1.54) is 32.3 Å². The fourth-order valence-corrected chi connectivity index (χ4v) is 4.75. The molecule has 0 bridgehead atoms. The summed E-state index contributed by atoms with van der Waals surface area (Å²) in [6.45, 7) is 0.940. The minimum Gasteiger partial charge on any atom is -0.394 e. The first-order valence-corrected chi connectivity index (χ1v) is 8.99. The SMILES string of the molecule is [B]1N2CC=C(c3cccs3)C2=C(c2cccs2)c2cccn21. The second-order valence-electron chi connectivity index (χ2n) is 5.36. The van der Waals surface area contributed by atoms with Crippen LogP contribution in [0.3, 0.4) is 0 Å². The quantitative estimate of drug-likeness (QED) is 0.644. The average molecular weight is 319 g/mol. The monoisotopic (exact) mass is 319 g/mol. The van der Waals surface area contributed by atoms with Gasteiger partial charge in [0.2, 0.25) is 0 Å². The minimum absolute atomic E-state index is 0.940. The highest BCUT2D eigenvalue weighted by Gasteiger charge is 2.32. The van der Waals surface area contributed by atoms with Gasteiger partial charge in [-0.3, -0.25) is 0 Å². The van der Waals surface area contributed by atoms with Crippen molar-refractivity contribution in [2.45, 2.75) is 0 Å². The number of fused-ring (bicyclic) bond motifs is 2. The molecule has 0 aliphatic carbocycles. The predicted molar refractivity (Wildman–Crippen MR) is 94.9 cm³/mol. The summed E-state index contributed by atoms with van der Waals surface area (Å²) in [5.41, 5.74) is 5.33.